The van der Waals surface area contributed by atoms with Crippen LogP contribution in [0, 0.1) is 11.3 Å². The summed E-state index contributed by atoms with van der Waals surface area (Å²) in [5.74, 6) is 0. The molecular weight excluding hydrogens is 380 g/mol. The van der Waals surface area contributed by atoms with Crippen LogP contribution in [-0.2, 0) is 17.6 Å². The molecule has 1 saturated heterocycles. The van der Waals surface area contributed by atoms with E-state index >= 15 is 0 Å². The molecule has 1 fully saturated rings. The third-order valence-corrected chi connectivity index (χ3v) is 6.46. The fraction of sp³-hybridized carbons (Fsp3) is 0.565. The Morgan fingerprint density at radius 1 is 1.40 bits per heavy atom. The second-order valence-electron chi connectivity index (χ2n) is 9.12. The summed E-state index contributed by atoms with van der Waals surface area (Å²) in [4.78, 5) is 12.1. The Morgan fingerprint density at radius 3 is 2.80 bits per heavy atom. The number of hydrogen-bond donors (Lipinski definition) is 3. The molecule has 2 heterocycles. The van der Waals surface area contributed by atoms with Gasteiger partial charge < -0.3 is 25.0 Å². The SMILES string of the molecule is CC(C)OC(=O)NC1Cc2c(n(C(C)C3NCCC3(C)O)c3ccc(C#N)cc23)C1. The van der Waals surface area contributed by atoms with Crippen LogP contribution < -0.4 is 10.6 Å². The van der Waals surface area contributed by atoms with Gasteiger partial charge >= 0.3 is 6.09 Å². The first-order valence-electron chi connectivity index (χ1n) is 10.7. The van der Waals surface area contributed by atoms with Gasteiger partial charge in [0.05, 0.1) is 29.4 Å². The zero-order chi connectivity index (χ0) is 21.6. The molecular formula is C23H30N4O3. The van der Waals surface area contributed by atoms with E-state index in [9.17, 15) is 15.2 Å². The molecule has 0 saturated carbocycles. The minimum atomic E-state index is -0.785. The second kappa shape index (κ2) is 7.60. The molecule has 0 bridgehead atoms. The Kier molecular flexibility index (Phi) is 5.25. The first-order valence-corrected chi connectivity index (χ1v) is 10.7. The van der Waals surface area contributed by atoms with E-state index in [1.54, 1.807) is 0 Å². The van der Waals surface area contributed by atoms with E-state index in [0.29, 0.717) is 24.8 Å². The topological polar surface area (TPSA) is 99.3 Å². The molecule has 4 atom stereocenters. The number of aromatic nitrogens is 1. The highest BCUT2D eigenvalue weighted by Crippen LogP contribution is 2.39. The molecule has 0 radical (unpaired) electrons. The number of carbonyl (C=O) groups is 1. The zero-order valence-corrected chi connectivity index (χ0v) is 18.0. The number of alkyl carbamates (subject to hydrolysis) is 1. The van der Waals surface area contributed by atoms with Crippen LogP contribution in [0.5, 0.6) is 0 Å². The molecule has 3 N–H and O–H groups in total. The number of carbonyl (C=O) groups excluding carboxylic acids is 1. The Balaban J connectivity index is 1.72. The molecule has 1 aromatic carbocycles. The molecule has 7 nitrogen and oxygen atoms in total. The first-order chi connectivity index (χ1) is 14.2. The molecule has 2 aliphatic rings. The molecule has 1 aliphatic heterocycles. The van der Waals surface area contributed by atoms with Gasteiger partial charge in [-0.05, 0) is 70.8 Å². The number of rotatable bonds is 4. The van der Waals surface area contributed by atoms with Gasteiger partial charge in [-0.3, -0.25) is 0 Å². The Morgan fingerprint density at radius 2 is 2.17 bits per heavy atom. The number of benzene rings is 1. The number of ether oxygens (including phenoxy) is 1. The molecule has 4 unspecified atom stereocenters. The summed E-state index contributed by atoms with van der Waals surface area (Å²) in [6.07, 6.45) is 1.53. The van der Waals surface area contributed by atoms with Crippen molar-refractivity contribution in [2.45, 2.75) is 76.8 Å². The van der Waals surface area contributed by atoms with E-state index in [2.05, 4.69) is 28.2 Å². The van der Waals surface area contributed by atoms with E-state index in [4.69, 9.17) is 4.74 Å². The van der Waals surface area contributed by atoms with Gasteiger partial charge in [-0.2, -0.15) is 5.26 Å². The van der Waals surface area contributed by atoms with Crippen LogP contribution in [0.25, 0.3) is 10.9 Å². The average Bonchev–Trinajstić information content (AvgIpc) is 3.31. The average molecular weight is 411 g/mol. The lowest BCUT2D eigenvalue weighted by molar-refractivity contribution is 0.0315. The highest BCUT2D eigenvalue weighted by Gasteiger charge is 2.42. The molecule has 7 heteroatoms. The second-order valence-corrected chi connectivity index (χ2v) is 9.12. The Hall–Kier alpha value is -2.56. The van der Waals surface area contributed by atoms with Gasteiger partial charge in [0.25, 0.3) is 0 Å². The normalized spacial score (nSPS) is 26.6. The van der Waals surface area contributed by atoms with Crippen LogP contribution in [0.4, 0.5) is 4.79 Å². The molecule has 1 aliphatic carbocycles. The van der Waals surface area contributed by atoms with Gasteiger partial charge in [-0.1, -0.05) is 0 Å². The summed E-state index contributed by atoms with van der Waals surface area (Å²) in [7, 11) is 0. The van der Waals surface area contributed by atoms with Crippen molar-refractivity contribution >= 4 is 17.0 Å². The maximum absolute atomic E-state index is 12.1. The zero-order valence-electron chi connectivity index (χ0n) is 18.0. The van der Waals surface area contributed by atoms with Crippen molar-refractivity contribution in [2.75, 3.05) is 6.54 Å². The van der Waals surface area contributed by atoms with Gasteiger partial charge in [0.15, 0.2) is 0 Å². The van der Waals surface area contributed by atoms with Crippen molar-refractivity contribution in [3.05, 3.63) is 35.0 Å². The number of nitriles is 1. The molecule has 1 amide bonds. The van der Waals surface area contributed by atoms with Gasteiger partial charge in [-0.15, -0.1) is 0 Å². The van der Waals surface area contributed by atoms with Gasteiger partial charge in [0.1, 0.15) is 0 Å². The first kappa shape index (κ1) is 20.7. The number of nitrogens with zero attached hydrogens (tertiary/aromatic N) is 2. The maximum Gasteiger partial charge on any atom is 0.407 e. The van der Waals surface area contributed by atoms with E-state index < -0.39 is 11.7 Å². The summed E-state index contributed by atoms with van der Waals surface area (Å²) in [6, 6.07) is 7.90. The summed E-state index contributed by atoms with van der Waals surface area (Å²) in [5.41, 5.74) is 3.23. The predicted octanol–water partition coefficient (Wildman–Crippen LogP) is 2.79. The number of fused-ring (bicyclic) bond motifs is 3. The third-order valence-electron chi connectivity index (χ3n) is 6.46. The number of nitrogens with one attached hydrogen (secondary N) is 2. The van der Waals surface area contributed by atoms with Crippen molar-refractivity contribution in [2.24, 2.45) is 0 Å². The van der Waals surface area contributed by atoms with E-state index in [1.807, 2.05) is 39.0 Å². The number of hydrogen-bond acceptors (Lipinski definition) is 5. The predicted molar refractivity (Wildman–Crippen MR) is 114 cm³/mol. The molecule has 4 rings (SSSR count). The number of aliphatic hydroxyl groups is 1. The van der Waals surface area contributed by atoms with E-state index in [1.165, 1.54) is 5.56 Å². The largest absolute Gasteiger partial charge is 0.447 e. The summed E-state index contributed by atoms with van der Waals surface area (Å²) in [5, 5.41) is 27.8. The fourth-order valence-corrected chi connectivity index (χ4v) is 5.18. The minimum Gasteiger partial charge on any atom is -0.447 e. The van der Waals surface area contributed by atoms with E-state index in [0.717, 1.165) is 23.1 Å². The van der Waals surface area contributed by atoms with Crippen LogP contribution in [-0.4, -0.2) is 46.1 Å². The molecule has 1 aromatic heterocycles. The lowest BCUT2D eigenvalue weighted by Gasteiger charge is -2.33. The fourth-order valence-electron chi connectivity index (χ4n) is 5.18. The highest BCUT2D eigenvalue weighted by molar-refractivity contribution is 5.88. The van der Waals surface area contributed by atoms with E-state index in [-0.39, 0.29) is 24.2 Å². The Bertz CT molecular complexity index is 1020. The van der Waals surface area contributed by atoms with Gasteiger partial charge in [-0.25, -0.2) is 4.79 Å². The van der Waals surface area contributed by atoms with Crippen molar-refractivity contribution in [3.63, 3.8) is 0 Å². The molecule has 0 spiro atoms. The monoisotopic (exact) mass is 410 g/mol. The molecule has 30 heavy (non-hydrogen) atoms. The van der Waals surface area contributed by atoms with Crippen molar-refractivity contribution < 1.29 is 14.6 Å². The maximum atomic E-state index is 12.1. The smallest absolute Gasteiger partial charge is 0.407 e. The van der Waals surface area contributed by atoms with Crippen molar-refractivity contribution in [1.82, 2.24) is 15.2 Å². The van der Waals surface area contributed by atoms with Crippen molar-refractivity contribution in [3.8, 4) is 6.07 Å². The number of amides is 1. The lowest BCUT2D eigenvalue weighted by Crippen LogP contribution is -2.46. The lowest BCUT2D eigenvalue weighted by atomic mass is 9.92. The Labute approximate surface area is 177 Å². The van der Waals surface area contributed by atoms with Gasteiger partial charge in [0, 0.05) is 35.1 Å². The summed E-state index contributed by atoms with van der Waals surface area (Å²) >= 11 is 0. The minimum absolute atomic E-state index is 0.0167. The quantitative estimate of drug-likeness (QED) is 0.720. The summed E-state index contributed by atoms with van der Waals surface area (Å²) in [6.45, 7) is 8.46. The third kappa shape index (κ3) is 3.55. The van der Waals surface area contributed by atoms with Crippen LogP contribution in [0.3, 0.4) is 0 Å². The van der Waals surface area contributed by atoms with Crippen LogP contribution in [0.2, 0.25) is 0 Å². The van der Waals surface area contributed by atoms with Crippen LogP contribution in [0.15, 0.2) is 18.2 Å². The highest BCUT2D eigenvalue weighted by atomic mass is 16.6. The summed E-state index contributed by atoms with van der Waals surface area (Å²) < 4.78 is 7.55. The molecule has 160 valence electrons. The van der Waals surface area contributed by atoms with Crippen molar-refractivity contribution in [1.29, 1.82) is 5.26 Å². The molecule has 2 aromatic rings. The standard InChI is InChI=1S/C23H30N4O3/c1-13(2)30-22(28)26-16-10-18-17-9-15(12-24)5-6-19(17)27(20(18)11-16)14(3)21-23(4,29)7-8-25-21/h5-6,9,13-14,16,21,25,29H,7-8,10-11H2,1-4H3,(H,26,28). The van der Waals surface area contributed by atoms with Gasteiger partial charge in [0.2, 0.25) is 0 Å². The van der Waals surface area contributed by atoms with Crippen LogP contribution >= 0.6 is 0 Å². The van der Waals surface area contributed by atoms with Crippen LogP contribution in [0.1, 0.15) is 57.0 Å².